The molecule has 0 atom stereocenters. The number of rotatable bonds is 4. The molecule has 0 fully saturated rings. The zero-order valence-corrected chi connectivity index (χ0v) is 13.3. The summed E-state index contributed by atoms with van der Waals surface area (Å²) in [6.07, 6.45) is 1.79. The molecular formula is C12H11ClN4O2S2. The third-order valence-electron chi connectivity index (χ3n) is 2.75. The zero-order valence-electron chi connectivity index (χ0n) is 10.9. The Labute approximate surface area is 130 Å². The van der Waals surface area contributed by atoms with Gasteiger partial charge in [0, 0.05) is 0 Å². The maximum Gasteiger partial charge on any atom is 0.242 e. The first kappa shape index (κ1) is 14.5. The second-order valence-electron chi connectivity index (χ2n) is 4.36. The normalized spacial score (nSPS) is 12.1. The van der Waals surface area contributed by atoms with Gasteiger partial charge in [-0.3, -0.25) is 0 Å². The number of benzene rings is 1. The molecule has 0 aliphatic rings. The third-order valence-corrected chi connectivity index (χ3v) is 5.57. The van der Waals surface area contributed by atoms with Gasteiger partial charge in [-0.05, 0) is 19.1 Å². The molecule has 0 saturated heterocycles. The van der Waals surface area contributed by atoms with E-state index in [1.165, 1.54) is 23.5 Å². The predicted octanol–water partition coefficient (Wildman–Crippen LogP) is 2.23. The number of sulfonamides is 1. The molecule has 0 bridgehead atoms. The molecule has 2 heterocycles. The number of hydrogen-bond acceptors (Lipinski definition) is 5. The molecule has 2 aromatic heterocycles. The van der Waals surface area contributed by atoms with Crippen LogP contribution in [0.3, 0.4) is 0 Å². The number of aromatic nitrogens is 3. The second kappa shape index (κ2) is 5.38. The lowest BCUT2D eigenvalue weighted by Crippen LogP contribution is -2.23. The molecule has 1 N–H and O–H groups in total. The first-order valence-electron chi connectivity index (χ1n) is 6.01. The van der Waals surface area contributed by atoms with Crippen LogP contribution in [0, 0.1) is 6.92 Å². The zero-order chi connectivity index (χ0) is 15.0. The van der Waals surface area contributed by atoms with Crippen LogP contribution in [0.5, 0.6) is 0 Å². The van der Waals surface area contributed by atoms with Crippen molar-refractivity contribution in [1.82, 2.24) is 19.3 Å². The van der Waals surface area contributed by atoms with Crippen molar-refractivity contribution in [2.45, 2.75) is 18.4 Å². The van der Waals surface area contributed by atoms with E-state index in [-0.39, 0.29) is 16.5 Å². The Balaban J connectivity index is 1.80. The fourth-order valence-corrected chi connectivity index (χ4v) is 4.28. The predicted molar refractivity (Wildman–Crippen MR) is 81.1 cm³/mol. The topological polar surface area (TPSA) is 76.4 Å². The van der Waals surface area contributed by atoms with Crippen molar-refractivity contribution in [1.29, 1.82) is 0 Å². The van der Waals surface area contributed by atoms with Gasteiger partial charge < -0.3 is 0 Å². The van der Waals surface area contributed by atoms with Gasteiger partial charge in [-0.1, -0.05) is 35.1 Å². The Bertz CT molecular complexity index is 870. The molecule has 0 amide bonds. The summed E-state index contributed by atoms with van der Waals surface area (Å²) in [7, 11) is -3.66. The highest BCUT2D eigenvalue weighted by molar-refractivity contribution is 7.89. The number of nitrogens with zero attached hydrogens (tertiary/aromatic N) is 3. The summed E-state index contributed by atoms with van der Waals surface area (Å²) >= 11 is 7.25. The van der Waals surface area contributed by atoms with Crippen molar-refractivity contribution >= 4 is 37.9 Å². The lowest BCUT2D eigenvalue weighted by Gasteiger charge is -2.06. The van der Waals surface area contributed by atoms with Gasteiger partial charge >= 0.3 is 0 Å². The molecule has 21 heavy (non-hydrogen) atoms. The van der Waals surface area contributed by atoms with E-state index in [0.29, 0.717) is 5.01 Å². The van der Waals surface area contributed by atoms with Crippen LogP contribution in [-0.2, 0) is 16.6 Å². The average Bonchev–Trinajstić information content (AvgIpc) is 2.93. The van der Waals surface area contributed by atoms with Gasteiger partial charge in [-0.2, -0.15) is 5.10 Å². The second-order valence-corrected chi connectivity index (χ2v) is 7.54. The van der Waals surface area contributed by atoms with Crippen LogP contribution in [0.15, 0.2) is 35.4 Å². The third kappa shape index (κ3) is 2.93. The Morgan fingerprint density at radius 1 is 1.38 bits per heavy atom. The van der Waals surface area contributed by atoms with Crippen molar-refractivity contribution < 1.29 is 8.42 Å². The molecule has 0 unspecified atom stereocenters. The fraction of sp³-hybridized carbons (Fsp3) is 0.167. The molecule has 9 heteroatoms. The first-order chi connectivity index (χ1) is 9.95. The summed E-state index contributed by atoms with van der Waals surface area (Å²) in [6.45, 7) is 1.97. The van der Waals surface area contributed by atoms with E-state index in [4.69, 9.17) is 11.6 Å². The maximum atomic E-state index is 12.2. The highest BCUT2D eigenvalue weighted by Crippen LogP contribution is 2.21. The molecule has 0 radical (unpaired) electrons. The van der Waals surface area contributed by atoms with Gasteiger partial charge in [0.2, 0.25) is 15.0 Å². The number of fused-ring (bicyclic) bond motifs is 1. The minimum Gasteiger partial charge on any atom is -0.223 e. The van der Waals surface area contributed by atoms with E-state index in [2.05, 4.69) is 14.8 Å². The van der Waals surface area contributed by atoms with Crippen LogP contribution in [-0.4, -0.2) is 23.0 Å². The minimum absolute atomic E-state index is 0.0591. The number of aryl methyl sites for hydroxylation is 1. The number of nitrogens with one attached hydrogen (secondary N) is 1. The Morgan fingerprint density at radius 2 is 2.14 bits per heavy atom. The van der Waals surface area contributed by atoms with Crippen molar-refractivity contribution in [3.63, 3.8) is 0 Å². The summed E-state index contributed by atoms with van der Waals surface area (Å²) in [5, 5.41) is 5.09. The van der Waals surface area contributed by atoms with E-state index in [9.17, 15) is 8.42 Å². The lowest BCUT2D eigenvalue weighted by atomic mass is 10.4. The average molecular weight is 343 g/mol. The molecule has 0 saturated carbocycles. The van der Waals surface area contributed by atoms with Crippen LogP contribution in [0.25, 0.3) is 4.96 Å². The fourth-order valence-electron chi connectivity index (χ4n) is 1.82. The van der Waals surface area contributed by atoms with E-state index in [1.54, 1.807) is 22.8 Å². The van der Waals surface area contributed by atoms with E-state index in [0.717, 1.165) is 10.7 Å². The number of hydrogen-bond donors (Lipinski definition) is 1. The van der Waals surface area contributed by atoms with Crippen molar-refractivity contribution in [2.75, 3.05) is 0 Å². The van der Waals surface area contributed by atoms with Crippen LogP contribution >= 0.6 is 22.9 Å². The van der Waals surface area contributed by atoms with Gasteiger partial charge in [0.25, 0.3) is 0 Å². The molecule has 3 rings (SSSR count). The van der Waals surface area contributed by atoms with Crippen molar-refractivity contribution in [3.8, 4) is 0 Å². The minimum atomic E-state index is -3.66. The Morgan fingerprint density at radius 3 is 2.86 bits per heavy atom. The van der Waals surface area contributed by atoms with Crippen LogP contribution in [0.1, 0.15) is 10.7 Å². The molecule has 0 aliphatic heterocycles. The summed E-state index contributed by atoms with van der Waals surface area (Å²) in [4.78, 5) is 5.07. The van der Waals surface area contributed by atoms with Crippen LogP contribution in [0.4, 0.5) is 0 Å². The molecule has 0 spiro atoms. The SMILES string of the molecule is Cc1cn2nc(CNS(=O)(=O)c3ccccc3Cl)sc2n1. The summed E-state index contributed by atoms with van der Waals surface area (Å²) in [6, 6.07) is 6.30. The highest BCUT2D eigenvalue weighted by atomic mass is 35.5. The Kier molecular flexibility index (Phi) is 3.70. The lowest BCUT2D eigenvalue weighted by molar-refractivity contribution is 0.580. The van der Waals surface area contributed by atoms with E-state index in [1.807, 2.05) is 6.92 Å². The van der Waals surface area contributed by atoms with Gasteiger partial charge in [0.15, 0.2) is 0 Å². The largest absolute Gasteiger partial charge is 0.242 e. The monoisotopic (exact) mass is 342 g/mol. The molecule has 1 aromatic carbocycles. The highest BCUT2D eigenvalue weighted by Gasteiger charge is 2.18. The van der Waals surface area contributed by atoms with Gasteiger partial charge in [-0.25, -0.2) is 22.6 Å². The smallest absolute Gasteiger partial charge is 0.223 e. The molecule has 6 nitrogen and oxygen atoms in total. The molecule has 3 aromatic rings. The van der Waals surface area contributed by atoms with Crippen LogP contribution < -0.4 is 4.72 Å². The summed E-state index contributed by atoms with van der Waals surface area (Å²) in [5.41, 5.74) is 0.872. The quantitative estimate of drug-likeness (QED) is 0.788. The number of halogens is 1. The van der Waals surface area contributed by atoms with E-state index < -0.39 is 10.0 Å². The standard InChI is InChI=1S/C12H11ClN4O2S2/c1-8-7-17-12(15-8)20-11(16-17)6-14-21(18,19)10-5-3-2-4-9(10)13/h2-5,7,14H,6H2,1H3. The van der Waals surface area contributed by atoms with E-state index >= 15 is 0 Å². The molecular weight excluding hydrogens is 332 g/mol. The summed E-state index contributed by atoms with van der Waals surface area (Å²) in [5.74, 6) is 0. The Hall–Kier alpha value is -1.48. The maximum absolute atomic E-state index is 12.2. The van der Waals surface area contributed by atoms with Crippen molar-refractivity contribution in [2.24, 2.45) is 0 Å². The summed E-state index contributed by atoms with van der Waals surface area (Å²) < 4.78 is 28.5. The number of imidazole rings is 1. The van der Waals surface area contributed by atoms with Gasteiger partial charge in [-0.15, -0.1) is 0 Å². The van der Waals surface area contributed by atoms with Gasteiger partial charge in [0.05, 0.1) is 23.5 Å². The first-order valence-corrected chi connectivity index (χ1v) is 8.69. The van der Waals surface area contributed by atoms with Gasteiger partial charge in [0.1, 0.15) is 9.90 Å². The van der Waals surface area contributed by atoms with Crippen LogP contribution in [0.2, 0.25) is 5.02 Å². The molecule has 0 aliphatic carbocycles. The van der Waals surface area contributed by atoms with Crippen molar-refractivity contribution in [3.05, 3.63) is 46.2 Å². The molecule has 110 valence electrons.